The molecule has 0 spiro atoms. The van der Waals surface area contributed by atoms with Crippen LogP contribution >= 0.6 is 0 Å². The molecule has 3 amide bonds. The Morgan fingerprint density at radius 3 is 2.67 bits per heavy atom. The third-order valence-corrected chi connectivity index (χ3v) is 5.81. The monoisotopic (exact) mass is 451 g/mol. The van der Waals surface area contributed by atoms with Gasteiger partial charge in [0.2, 0.25) is 0 Å². The molecule has 1 fully saturated rings. The number of hydrogen-bond donors (Lipinski definition) is 4. The molecule has 2 aromatic carbocycles. The zero-order valence-corrected chi connectivity index (χ0v) is 18.1. The van der Waals surface area contributed by atoms with Gasteiger partial charge in [-0.2, -0.15) is 0 Å². The highest BCUT2D eigenvalue weighted by atomic mass is 16.5. The number of morpholine rings is 1. The van der Waals surface area contributed by atoms with Gasteiger partial charge in [-0.15, -0.1) is 0 Å². The quantitative estimate of drug-likeness (QED) is 0.375. The largest absolute Gasteiger partial charge is 0.384 e. The number of nitrogen functional groups attached to an aromatic ring is 1. The number of anilines is 2. The first-order valence-electron chi connectivity index (χ1n) is 10.6. The molecule has 0 aromatic heterocycles. The van der Waals surface area contributed by atoms with Crippen molar-refractivity contribution in [3.63, 3.8) is 0 Å². The number of carbonyl (C=O) groups is 3. The Kier molecular flexibility index (Phi) is 6.12. The average molecular weight is 451 g/mol. The normalized spacial score (nSPS) is 18.8. The first kappa shape index (κ1) is 22.4. The van der Waals surface area contributed by atoms with Gasteiger partial charge >= 0.3 is 0 Å². The fourth-order valence-electron chi connectivity index (χ4n) is 3.95. The second kappa shape index (κ2) is 9.00. The van der Waals surface area contributed by atoms with Gasteiger partial charge in [0.25, 0.3) is 17.7 Å². The van der Waals surface area contributed by atoms with Crippen molar-refractivity contribution in [2.45, 2.75) is 25.7 Å². The predicted octanol–water partition coefficient (Wildman–Crippen LogP) is 0.678. The highest BCUT2D eigenvalue weighted by Gasteiger charge is 2.40. The lowest BCUT2D eigenvalue weighted by atomic mass is 10.1. The maximum Gasteiger partial charge on any atom is 0.259 e. The van der Waals surface area contributed by atoms with Crippen LogP contribution in [-0.2, 0) is 20.9 Å². The van der Waals surface area contributed by atoms with Crippen molar-refractivity contribution in [3.8, 4) is 0 Å². The van der Waals surface area contributed by atoms with E-state index in [-0.39, 0.29) is 24.9 Å². The lowest BCUT2D eigenvalue weighted by Crippen LogP contribution is -2.55. The summed E-state index contributed by atoms with van der Waals surface area (Å²) in [5.41, 5.74) is 8.26. The number of fused-ring (bicyclic) bond motifs is 1. The number of aliphatic hydroxyl groups is 1. The summed E-state index contributed by atoms with van der Waals surface area (Å²) in [4.78, 5) is 41.3. The number of carbonyl (C=O) groups excluding carboxylic acids is 3. The van der Waals surface area contributed by atoms with Crippen LogP contribution < -0.4 is 16.0 Å². The van der Waals surface area contributed by atoms with Gasteiger partial charge in [0, 0.05) is 42.1 Å². The van der Waals surface area contributed by atoms with Crippen molar-refractivity contribution >= 4 is 34.9 Å². The van der Waals surface area contributed by atoms with E-state index < -0.39 is 24.0 Å². The smallest absolute Gasteiger partial charge is 0.259 e. The number of nitrogens with one attached hydrogen (secondary N) is 2. The number of rotatable bonds is 6. The van der Waals surface area contributed by atoms with Gasteiger partial charge in [-0.25, -0.2) is 0 Å². The molecule has 10 nitrogen and oxygen atoms in total. The molecule has 2 aliphatic rings. The minimum absolute atomic E-state index is 0.0817. The molecule has 2 aliphatic heterocycles. The van der Waals surface area contributed by atoms with Gasteiger partial charge in [-0.05, 0) is 48.9 Å². The Bertz CT molecular complexity index is 1120. The summed E-state index contributed by atoms with van der Waals surface area (Å²) in [7, 11) is 0. The molecule has 0 bridgehead atoms. The van der Waals surface area contributed by atoms with E-state index in [2.05, 4.69) is 5.32 Å². The minimum atomic E-state index is -1.74. The van der Waals surface area contributed by atoms with E-state index >= 15 is 0 Å². The molecule has 33 heavy (non-hydrogen) atoms. The zero-order valence-electron chi connectivity index (χ0n) is 18.1. The van der Waals surface area contributed by atoms with Crippen molar-refractivity contribution < 1.29 is 24.2 Å². The molecule has 2 aromatic rings. The van der Waals surface area contributed by atoms with E-state index in [1.807, 2.05) is 13.0 Å². The number of benzene rings is 2. The van der Waals surface area contributed by atoms with Crippen LogP contribution in [0.2, 0.25) is 0 Å². The van der Waals surface area contributed by atoms with Crippen LogP contribution in [-0.4, -0.2) is 65.5 Å². The molecule has 0 unspecified atom stereocenters. The van der Waals surface area contributed by atoms with Gasteiger partial charge in [0.1, 0.15) is 5.84 Å². The highest BCUT2D eigenvalue weighted by Crippen LogP contribution is 2.29. The molecule has 0 saturated carbocycles. The first-order chi connectivity index (χ1) is 15.8. The van der Waals surface area contributed by atoms with E-state index in [0.29, 0.717) is 35.6 Å². The summed E-state index contributed by atoms with van der Waals surface area (Å²) in [5, 5.41) is 20.5. The van der Waals surface area contributed by atoms with E-state index in [0.717, 1.165) is 5.56 Å². The maximum atomic E-state index is 13.1. The summed E-state index contributed by atoms with van der Waals surface area (Å²) in [6.07, 6.45) is -3.12. The lowest BCUT2D eigenvalue weighted by molar-refractivity contribution is -0.150. The number of hydrogen-bond acceptors (Lipinski definition) is 6. The van der Waals surface area contributed by atoms with Crippen molar-refractivity contribution in [2.24, 2.45) is 5.73 Å². The van der Waals surface area contributed by atoms with E-state index in [9.17, 15) is 19.5 Å². The van der Waals surface area contributed by atoms with Gasteiger partial charge in [0.05, 0.1) is 6.61 Å². The molecule has 5 N–H and O–H groups in total. The van der Waals surface area contributed by atoms with Crippen LogP contribution in [0.15, 0.2) is 42.5 Å². The summed E-state index contributed by atoms with van der Waals surface area (Å²) in [5.74, 6) is -1.55. The molecule has 4 rings (SSSR count). The third-order valence-electron chi connectivity index (χ3n) is 5.81. The number of nitrogens with two attached hydrogens (primary N) is 1. The van der Waals surface area contributed by atoms with Gasteiger partial charge in [-0.3, -0.25) is 19.8 Å². The SMILES string of the molecule is CCN1Cc2ccc(N3CCO[C@H]([C@@H](O)C(=O)Nc4ccc(C(=N)N)cc4)C3=O)cc2C1=O. The van der Waals surface area contributed by atoms with E-state index in [1.165, 1.54) is 4.90 Å². The molecule has 10 heteroatoms. The standard InChI is InChI=1S/C23H25N5O5/c1-2-27-12-14-5-8-16(11-17(14)22(27)31)28-9-10-33-19(23(28)32)18(29)21(30)26-15-6-3-13(4-7-15)20(24)25/h3-8,11,18-19,29H,2,9-10,12H2,1H3,(H3,24,25)(H,26,30)/t18-,19-/m1/s1. The fraction of sp³-hybridized carbons (Fsp3) is 0.304. The van der Waals surface area contributed by atoms with E-state index in [4.69, 9.17) is 15.9 Å². The minimum Gasteiger partial charge on any atom is -0.384 e. The van der Waals surface area contributed by atoms with Gasteiger partial charge in [0.15, 0.2) is 12.2 Å². The molecular weight excluding hydrogens is 426 g/mol. The second-order valence-electron chi connectivity index (χ2n) is 7.87. The fourth-order valence-corrected chi connectivity index (χ4v) is 3.95. The molecular formula is C23H25N5O5. The summed E-state index contributed by atoms with van der Waals surface area (Å²) < 4.78 is 5.44. The highest BCUT2D eigenvalue weighted by molar-refractivity contribution is 6.05. The van der Waals surface area contributed by atoms with Crippen LogP contribution in [0.4, 0.5) is 11.4 Å². The number of aliphatic hydroxyl groups excluding tert-OH is 1. The van der Waals surface area contributed by atoms with Gasteiger partial charge < -0.3 is 30.7 Å². The number of ether oxygens (including phenoxy) is 1. The summed E-state index contributed by atoms with van der Waals surface area (Å²) in [6.45, 7) is 3.41. The maximum absolute atomic E-state index is 13.1. The Hall–Kier alpha value is -3.76. The lowest BCUT2D eigenvalue weighted by Gasteiger charge is -2.34. The Balaban J connectivity index is 1.47. The van der Waals surface area contributed by atoms with Crippen LogP contribution in [0, 0.1) is 5.41 Å². The second-order valence-corrected chi connectivity index (χ2v) is 7.87. The Labute approximate surface area is 190 Å². The van der Waals surface area contributed by atoms with Crippen molar-refractivity contribution in [3.05, 3.63) is 59.2 Å². The van der Waals surface area contributed by atoms with Crippen molar-refractivity contribution in [1.29, 1.82) is 5.41 Å². The Morgan fingerprint density at radius 1 is 1.27 bits per heavy atom. The topological polar surface area (TPSA) is 149 Å². The molecule has 0 aliphatic carbocycles. The number of amidine groups is 1. The molecule has 172 valence electrons. The Morgan fingerprint density at radius 2 is 2.00 bits per heavy atom. The number of nitrogens with zero attached hydrogens (tertiary/aromatic N) is 2. The molecule has 0 radical (unpaired) electrons. The molecule has 1 saturated heterocycles. The summed E-state index contributed by atoms with van der Waals surface area (Å²) in [6, 6.07) is 11.5. The first-order valence-corrected chi connectivity index (χ1v) is 10.6. The predicted molar refractivity (Wildman–Crippen MR) is 121 cm³/mol. The van der Waals surface area contributed by atoms with Crippen LogP contribution in [0.3, 0.4) is 0 Å². The van der Waals surface area contributed by atoms with Gasteiger partial charge in [-0.1, -0.05) is 6.07 Å². The summed E-state index contributed by atoms with van der Waals surface area (Å²) >= 11 is 0. The number of amides is 3. The third kappa shape index (κ3) is 4.30. The molecule has 2 atom stereocenters. The van der Waals surface area contributed by atoms with Crippen LogP contribution in [0.5, 0.6) is 0 Å². The molecule has 2 heterocycles. The van der Waals surface area contributed by atoms with Crippen molar-refractivity contribution in [2.75, 3.05) is 29.9 Å². The van der Waals surface area contributed by atoms with Crippen LogP contribution in [0.1, 0.15) is 28.4 Å². The zero-order chi connectivity index (χ0) is 23.7. The van der Waals surface area contributed by atoms with Crippen LogP contribution in [0.25, 0.3) is 0 Å². The van der Waals surface area contributed by atoms with Crippen molar-refractivity contribution in [1.82, 2.24) is 4.90 Å². The average Bonchev–Trinajstić information content (AvgIpc) is 3.14. The van der Waals surface area contributed by atoms with E-state index in [1.54, 1.807) is 41.3 Å².